The van der Waals surface area contributed by atoms with Gasteiger partial charge in [-0.1, -0.05) is 13.5 Å². The van der Waals surface area contributed by atoms with Crippen LogP contribution in [0, 0.1) is 0 Å². The quantitative estimate of drug-likeness (QED) is 0.466. The summed E-state index contributed by atoms with van der Waals surface area (Å²) in [6, 6.07) is 0. The van der Waals surface area contributed by atoms with E-state index in [1.165, 1.54) is 5.57 Å². The molecule has 0 amide bonds. The first kappa shape index (κ1) is 10.7. The van der Waals surface area contributed by atoms with Gasteiger partial charge in [0, 0.05) is 13.2 Å². The van der Waals surface area contributed by atoms with Gasteiger partial charge in [-0.15, -0.1) is 0 Å². The van der Waals surface area contributed by atoms with E-state index in [1.807, 2.05) is 0 Å². The van der Waals surface area contributed by atoms with Crippen LogP contribution in [-0.4, -0.2) is 25.9 Å². The van der Waals surface area contributed by atoms with E-state index in [0.29, 0.717) is 6.10 Å². The molecule has 1 aliphatic rings. The minimum absolute atomic E-state index is 0.415. The average molecular weight is 184 g/mol. The van der Waals surface area contributed by atoms with Crippen molar-refractivity contribution in [2.45, 2.75) is 38.7 Å². The summed E-state index contributed by atoms with van der Waals surface area (Å²) in [5.74, 6) is 0. The molecule has 0 radical (unpaired) electrons. The molecule has 0 spiro atoms. The van der Waals surface area contributed by atoms with E-state index in [4.69, 9.17) is 9.47 Å². The van der Waals surface area contributed by atoms with Gasteiger partial charge in [-0.3, -0.25) is 0 Å². The predicted octanol–water partition coefficient (Wildman–Crippen LogP) is 2.54. The largest absolute Gasteiger partial charge is 0.381 e. The van der Waals surface area contributed by atoms with Gasteiger partial charge in [0.2, 0.25) is 0 Å². The van der Waals surface area contributed by atoms with Gasteiger partial charge in [0.1, 0.15) is 0 Å². The fourth-order valence-electron chi connectivity index (χ4n) is 1.52. The fraction of sp³-hybridized carbons (Fsp3) is 0.818. The van der Waals surface area contributed by atoms with Gasteiger partial charge in [0.05, 0.1) is 12.7 Å². The molecule has 1 unspecified atom stereocenters. The Morgan fingerprint density at radius 2 is 2.38 bits per heavy atom. The van der Waals surface area contributed by atoms with Crippen LogP contribution in [0.25, 0.3) is 0 Å². The Labute approximate surface area is 80.9 Å². The molecule has 1 saturated heterocycles. The third kappa shape index (κ3) is 4.44. The lowest BCUT2D eigenvalue weighted by molar-refractivity contribution is 0.0833. The van der Waals surface area contributed by atoms with Crippen molar-refractivity contribution in [3.8, 4) is 0 Å². The lowest BCUT2D eigenvalue weighted by atomic mass is 10.1. The first-order chi connectivity index (χ1) is 6.33. The first-order valence-electron chi connectivity index (χ1n) is 5.19. The third-order valence-corrected chi connectivity index (χ3v) is 2.20. The molecule has 0 aromatic carbocycles. The highest BCUT2D eigenvalue weighted by atomic mass is 16.5. The molecule has 2 nitrogen and oxygen atoms in total. The second-order valence-electron chi connectivity index (χ2n) is 3.64. The van der Waals surface area contributed by atoms with E-state index in [9.17, 15) is 0 Å². The highest BCUT2D eigenvalue weighted by Crippen LogP contribution is 2.20. The summed E-state index contributed by atoms with van der Waals surface area (Å²) < 4.78 is 10.9. The SMILES string of the molecule is C=C1COC(CCCOCCC)C1. The molecule has 0 bridgehead atoms. The zero-order valence-electron chi connectivity index (χ0n) is 8.55. The Bertz CT molecular complexity index is 154. The van der Waals surface area contributed by atoms with Gasteiger partial charge in [0.15, 0.2) is 0 Å². The molecule has 0 saturated carbocycles. The monoisotopic (exact) mass is 184 g/mol. The summed E-state index contributed by atoms with van der Waals surface area (Å²) in [6.45, 7) is 8.56. The van der Waals surface area contributed by atoms with Gasteiger partial charge < -0.3 is 9.47 Å². The summed E-state index contributed by atoms with van der Waals surface area (Å²) in [4.78, 5) is 0. The molecule has 0 aliphatic carbocycles. The van der Waals surface area contributed by atoms with Crippen LogP contribution in [0.4, 0.5) is 0 Å². The Morgan fingerprint density at radius 1 is 1.54 bits per heavy atom. The summed E-state index contributed by atoms with van der Waals surface area (Å²) in [6.07, 6.45) is 4.79. The molecular weight excluding hydrogens is 164 g/mol. The Balaban J connectivity index is 1.91. The molecule has 76 valence electrons. The van der Waals surface area contributed by atoms with E-state index < -0.39 is 0 Å². The average Bonchev–Trinajstić information content (AvgIpc) is 2.51. The van der Waals surface area contributed by atoms with E-state index in [0.717, 1.165) is 45.5 Å². The van der Waals surface area contributed by atoms with Gasteiger partial charge in [-0.05, 0) is 31.3 Å². The van der Waals surface area contributed by atoms with Crippen molar-refractivity contribution in [3.05, 3.63) is 12.2 Å². The molecule has 1 atom stereocenters. The number of hydrogen-bond acceptors (Lipinski definition) is 2. The van der Waals surface area contributed by atoms with Crippen molar-refractivity contribution in [1.29, 1.82) is 0 Å². The summed E-state index contributed by atoms with van der Waals surface area (Å²) in [7, 11) is 0. The first-order valence-corrected chi connectivity index (χ1v) is 5.19. The molecule has 0 aromatic heterocycles. The zero-order chi connectivity index (χ0) is 9.52. The van der Waals surface area contributed by atoms with E-state index in [2.05, 4.69) is 13.5 Å². The van der Waals surface area contributed by atoms with Crippen LogP contribution in [-0.2, 0) is 9.47 Å². The van der Waals surface area contributed by atoms with Crippen molar-refractivity contribution >= 4 is 0 Å². The normalized spacial score (nSPS) is 22.5. The number of rotatable bonds is 6. The topological polar surface area (TPSA) is 18.5 Å². The van der Waals surface area contributed by atoms with E-state index >= 15 is 0 Å². The maximum atomic E-state index is 5.52. The number of ether oxygens (including phenoxy) is 2. The lowest BCUT2D eigenvalue weighted by Gasteiger charge is -2.08. The highest BCUT2D eigenvalue weighted by Gasteiger charge is 2.17. The summed E-state index contributed by atoms with van der Waals surface area (Å²) in [5.41, 5.74) is 1.24. The molecule has 2 heteroatoms. The maximum Gasteiger partial charge on any atom is 0.0679 e. The van der Waals surface area contributed by atoms with Crippen molar-refractivity contribution in [3.63, 3.8) is 0 Å². The van der Waals surface area contributed by atoms with Crippen molar-refractivity contribution < 1.29 is 9.47 Å². The predicted molar refractivity (Wildman–Crippen MR) is 53.8 cm³/mol. The second kappa shape index (κ2) is 6.17. The molecule has 1 aliphatic heterocycles. The second-order valence-corrected chi connectivity index (χ2v) is 3.64. The van der Waals surface area contributed by atoms with Crippen molar-refractivity contribution in [1.82, 2.24) is 0 Å². The molecule has 1 heterocycles. The summed E-state index contributed by atoms with van der Waals surface area (Å²) >= 11 is 0. The van der Waals surface area contributed by atoms with E-state index in [1.54, 1.807) is 0 Å². The summed E-state index contributed by atoms with van der Waals surface area (Å²) in [5, 5.41) is 0. The molecule has 13 heavy (non-hydrogen) atoms. The molecule has 1 fully saturated rings. The third-order valence-electron chi connectivity index (χ3n) is 2.20. The Morgan fingerprint density at radius 3 is 3.00 bits per heavy atom. The van der Waals surface area contributed by atoms with Crippen molar-refractivity contribution in [2.24, 2.45) is 0 Å². The van der Waals surface area contributed by atoms with E-state index in [-0.39, 0.29) is 0 Å². The van der Waals surface area contributed by atoms with Gasteiger partial charge in [-0.25, -0.2) is 0 Å². The lowest BCUT2D eigenvalue weighted by Crippen LogP contribution is -2.06. The maximum absolute atomic E-state index is 5.52. The van der Waals surface area contributed by atoms with Crippen LogP contribution >= 0.6 is 0 Å². The Hall–Kier alpha value is -0.340. The minimum atomic E-state index is 0.415. The zero-order valence-corrected chi connectivity index (χ0v) is 8.55. The van der Waals surface area contributed by atoms with Gasteiger partial charge in [0.25, 0.3) is 0 Å². The van der Waals surface area contributed by atoms with Crippen LogP contribution in [0.1, 0.15) is 32.6 Å². The molecular formula is C11H20O2. The minimum Gasteiger partial charge on any atom is -0.381 e. The standard InChI is InChI=1S/C11H20O2/c1-3-6-12-7-4-5-11-8-10(2)9-13-11/h11H,2-9H2,1H3. The highest BCUT2D eigenvalue weighted by molar-refractivity contribution is 5.01. The van der Waals surface area contributed by atoms with Crippen molar-refractivity contribution in [2.75, 3.05) is 19.8 Å². The van der Waals surface area contributed by atoms with Crippen LogP contribution in [0.3, 0.4) is 0 Å². The fourth-order valence-corrected chi connectivity index (χ4v) is 1.52. The van der Waals surface area contributed by atoms with Gasteiger partial charge in [-0.2, -0.15) is 0 Å². The van der Waals surface area contributed by atoms with Crippen LogP contribution in [0.2, 0.25) is 0 Å². The Kier molecular flexibility index (Phi) is 5.09. The molecule has 0 aromatic rings. The number of hydrogen-bond donors (Lipinski definition) is 0. The van der Waals surface area contributed by atoms with Crippen LogP contribution < -0.4 is 0 Å². The van der Waals surface area contributed by atoms with Gasteiger partial charge >= 0.3 is 0 Å². The smallest absolute Gasteiger partial charge is 0.0679 e. The van der Waals surface area contributed by atoms with Crippen LogP contribution in [0.5, 0.6) is 0 Å². The van der Waals surface area contributed by atoms with Crippen LogP contribution in [0.15, 0.2) is 12.2 Å². The molecule has 0 N–H and O–H groups in total. The molecule has 1 rings (SSSR count).